The van der Waals surface area contributed by atoms with E-state index in [0.29, 0.717) is 5.75 Å². The highest BCUT2D eigenvalue weighted by Crippen LogP contribution is 2.13. The Morgan fingerprint density at radius 2 is 1.40 bits per heavy atom. The van der Waals surface area contributed by atoms with E-state index >= 15 is 0 Å². The number of nitrogens with one attached hydrogen (secondary N) is 1. The lowest BCUT2D eigenvalue weighted by Crippen LogP contribution is -2.45. The van der Waals surface area contributed by atoms with Crippen molar-refractivity contribution in [1.29, 1.82) is 0 Å². The topological polar surface area (TPSA) is 92.7 Å². The summed E-state index contributed by atoms with van der Waals surface area (Å²) < 4.78 is 5.11. The van der Waals surface area contributed by atoms with Gasteiger partial charge in [0.2, 0.25) is 5.24 Å². The van der Waals surface area contributed by atoms with Gasteiger partial charge >= 0.3 is 12.1 Å². The third-order valence-electron chi connectivity index (χ3n) is 3.92. The van der Waals surface area contributed by atoms with Crippen LogP contribution in [0.1, 0.15) is 98.8 Å². The number of unbranched alkanes of at least 4 members (excludes halogenated alkanes) is 9. The molecule has 0 radical (unpaired) electrons. The molecular weight excluding hydrogens is 426 g/mol. The number of alkyl carbamates (subject to hydrolysis) is 1. The summed E-state index contributed by atoms with van der Waals surface area (Å²) in [5.41, 5.74) is -0.629. The van der Waals surface area contributed by atoms with Crippen molar-refractivity contribution in [2.24, 2.45) is 0 Å². The molecule has 178 valence electrons. The van der Waals surface area contributed by atoms with Gasteiger partial charge in [0.05, 0.1) is 0 Å². The summed E-state index contributed by atoms with van der Waals surface area (Å²) >= 11 is 6.21. The maximum Gasteiger partial charge on any atom is 0.408 e. The van der Waals surface area contributed by atoms with Gasteiger partial charge in [0.15, 0.2) is 0 Å². The zero-order valence-electron chi connectivity index (χ0n) is 19.4. The van der Waals surface area contributed by atoms with Gasteiger partial charge in [-0.25, -0.2) is 9.59 Å². The molecule has 8 heteroatoms. The van der Waals surface area contributed by atoms with E-state index in [1.54, 1.807) is 32.5 Å². The Hall–Kier alpha value is -0.950. The maximum absolute atomic E-state index is 11.7. The summed E-state index contributed by atoms with van der Waals surface area (Å²) in [5.74, 6) is 0.272. The largest absolute Gasteiger partial charge is 0.480 e. The van der Waals surface area contributed by atoms with Crippen LogP contribution in [0.5, 0.6) is 0 Å². The number of rotatable bonds is 15. The molecule has 6 nitrogen and oxygen atoms in total. The highest BCUT2D eigenvalue weighted by atomic mass is 35.5. The summed E-state index contributed by atoms with van der Waals surface area (Å²) in [5, 5.41) is 11.3. The van der Waals surface area contributed by atoms with Crippen LogP contribution in [0.4, 0.5) is 4.79 Å². The predicted octanol–water partition coefficient (Wildman–Crippen LogP) is 6.39. The van der Waals surface area contributed by atoms with Crippen LogP contribution in [0.25, 0.3) is 0 Å². The Bertz CT molecular complexity index is 465. The molecule has 0 bridgehead atoms. The zero-order chi connectivity index (χ0) is 23.4. The summed E-state index contributed by atoms with van der Waals surface area (Å²) in [7, 11) is 0. The molecule has 1 amide bonds. The third kappa shape index (κ3) is 27.0. The Morgan fingerprint density at radius 3 is 1.80 bits per heavy atom. The number of aliphatic carboxylic acids is 1. The molecule has 0 saturated carbocycles. The molecular formula is C22H42ClNO5S. The van der Waals surface area contributed by atoms with Crippen LogP contribution >= 0.6 is 23.4 Å². The van der Waals surface area contributed by atoms with E-state index in [1.807, 2.05) is 0 Å². The van der Waals surface area contributed by atoms with Crippen molar-refractivity contribution < 1.29 is 24.2 Å². The Balaban J connectivity index is 0. The van der Waals surface area contributed by atoms with Crippen molar-refractivity contribution in [3.63, 3.8) is 0 Å². The third-order valence-corrected chi connectivity index (χ3v) is 5.06. The van der Waals surface area contributed by atoms with Crippen molar-refractivity contribution in [3.05, 3.63) is 0 Å². The first-order valence-corrected chi connectivity index (χ1v) is 12.5. The molecule has 0 spiro atoms. The molecule has 0 aliphatic heterocycles. The number of halogens is 1. The van der Waals surface area contributed by atoms with Crippen LogP contribution in [-0.4, -0.2) is 45.6 Å². The molecule has 0 unspecified atom stereocenters. The normalized spacial score (nSPS) is 11.8. The minimum absolute atomic E-state index is 0.361. The number of carboxylic acids is 1. The molecule has 0 aliphatic rings. The summed E-state index contributed by atoms with van der Waals surface area (Å²) in [6.45, 7) is 8.79. The van der Waals surface area contributed by atoms with Gasteiger partial charge in [0.1, 0.15) is 11.6 Å². The lowest BCUT2D eigenvalue weighted by atomic mass is 10.1. The fourth-order valence-corrected chi connectivity index (χ4v) is 3.55. The van der Waals surface area contributed by atoms with Gasteiger partial charge in [-0.3, -0.25) is 4.79 Å². The van der Waals surface area contributed by atoms with Crippen molar-refractivity contribution in [2.45, 2.75) is 110 Å². The van der Waals surface area contributed by atoms with E-state index in [2.05, 4.69) is 23.8 Å². The van der Waals surface area contributed by atoms with Gasteiger partial charge in [-0.1, -0.05) is 64.7 Å². The highest BCUT2D eigenvalue weighted by Gasteiger charge is 2.23. The standard InChI is InChI=1S/C20H39NO4S.C2H3ClO/c1-5-6-7-8-9-10-11-12-13-14-15-26-16-17(18(22)23)21-19(24)25-20(2,3)4;1-2(3)4/h17H,5-16H2,1-4H3,(H,21,24)(H,22,23);1H3/t17-;/m0./s1. The second-order valence-electron chi connectivity index (χ2n) is 8.26. The molecule has 0 heterocycles. The smallest absolute Gasteiger partial charge is 0.408 e. The number of hydrogen-bond acceptors (Lipinski definition) is 5. The summed E-state index contributed by atoms with van der Waals surface area (Å²) in [6, 6.07) is -0.905. The van der Waals surface area contributed by atoms with E-state index in [1.165, 1.54) is 64.7 Å². The Morgan fingerprint density at radius 1 is 0.967 bits per heavy atom. The summed E-state index contributed by atoms with van der Waals surface area (Å²) in [6.07, 6.45) is 12.2. The first-order valence-electron chi connectivity index (χ1n) is 11.0. The first-order chi connectivity index (χ1) is 14.0. The van der Waals surface area contributed by atoms with E-state index < -0.39 is 23.7 Å². The minimum Gasteiger partial charge on any atom is -0.480 e. The predicted molar refractivity (Wildman–Crippen MR) is 126 cm³/mol. The zero-order valence-corrected chi connectivity index (χ0v) is 21.0. The Kier molecular flexibility index (Phi) is 20.8. The summed E-state index contributed by atoms with van der Waals surface area (Å²) in [4.78, 5) is 32.1. The molecule has 2 N–H and O–H groups in total. The fraction of sp³-hybridized carbons (Fsp3) is 0.864. The highest BCUT2D eigenvalue weighted by molar-refractivity contribution is 7.99. The van der Waals surface area contributed by atoms with Crippen molar-refractivity contribution in [3.8, 4) is 0 Å². The molecule has 0 aromatic heterocycles. The van der Waals surface area contributed by atoms with E-state index in [4.69, 9.17) is 4.74 Å². The molecule has 0 aliphatic carbocycles. The SMILES string of the molecule is CC(=O)Cl.CCCCCCCCCCCCSC[C@H](NC(=O)OC(C)(C)C)C(=O)O. The first kappa shape index (κ1) is 31.2. The second-order valence-corrected chi connectivity index (χ2v) is 9.95. The van der Waals surface area contributed by atoms with E-state index in [0.717, 1.165) is 12.2 Å². The van der Waals surface area contributed by atoms with Crippen LogP contribution < -0.4 is 5.32 Å². The lowest BCUT2D eigenvalue weighted by molar-refractivity contribution is -0.138. The van der Waals surface area contributed by atoms with Crippen LogP contribution in [-0.2, 0) is 14.3 Å². The van der Waals surface area contributed by atoms with Crippen LogP contribution in [0.15, 0.2) is 0 Å². The number of hydrogen-bond donors (Lipinski definition) is 2. The van der Waals surface area contributed by atoms with Crippen LogP contribution in [0.2, 0.25) is 0 Å². The average Bonchev–Trinajstić information content (AvgIpc) is 2.59. The number of carbonyl (C=O) groups is 3. The van der Waals surface area contributed by atoms with Crippen molar-refractivity contribution >= 4 is 40.7 Å². The Labute approximate surface area is 192 Å². The van der Waals surface area contributed by atoms with Crippen LogP contribution in [0, 0.1) is 0 Å². The van der Waals surface area contributed by atoms with Crippen molar-refractivity contribution in [2.75, 3.05) is 11.5 Å². The van der Waals surface area contributed by atoms with Gasteiger partial charge in [-0.05, 0) is 44.5 Å². The van der Waals surface area contributed by atoms with Gasteiger partial charge in [-0.15, -0.1) is 0 Å². The average molecular weight is 468 g/mol. The molecule has 0 aromatic carbocycles. The second kappa shape index (κ2) is 20.0. The fourth-order valence-electron chi connectivity index (χ4n) is 2.52. The van der Waals surface area contributed by atoms with Gasteiger partial charge < -0.3 is 15.2 Å². The van der Waals surface area contributed by atoms with Crippen LogP contribution in [0.3, 0.4) is 0 Å². The monoisotopic (exact) mass is 467 g/mol. The number of amides is 1. The quantitative estimate of drug-likeness (QED) is 0.214. The van der Waals surface area contributed by atoms with Gasteiger partial charge in [-0.2, -0.15) is 11.8 Å². The van der Waals surface area contributed by atoms with Gasteiger partial charge in [0.25, 0.3) is 0 Å². The van der Waals surface area contributed by atoms with Gasteiger partial charge in [0, 0.05) is 12.7 Å². The number of ether oxygens (including phenoxy) is 1. The molecule has 1 atom stereocenters. The molecule has 0 saturated heterocycles. The molecule has 30 heavy (non-hydrogen) atoms. The maximum atomic E-state index is 11.7. The molecule has 0 aromatic rings. The number of carboxylic acid groups (broad SMARTS) is 1. The van der Waals surface area contributed by atoms with Crippen molar-refractivity contribution in [1.82, 2.24) is 5.32 Å². The minimum atomic E-state index is -1.02. The van der Waals surface area contributed by atoms with E-state index in [9.17, 15) is 19.5 Å². The number of thioether (sulfide) groups is 1. The lowest BCUT2D eigenvalue weighted by Gasteiger charge is -2.21. The van der Waals surface area contributed by atoms with E-state index in [-0.39, 0.29) is 5.24 Å². The number of carbonyl (C=O) groups excluding carboxylic acids is 2. The molecule has 0 fully saturated rings. The molecule has 0 rings (SSSR count).